The molecule has 0 saturated carbocycles. The van der Waals surface area contributed by atoms with E-state index in [1.807, 2.05) is 54.6 Å². The van der Waals surface area contributed by atoms with Crippen molar-refractivity contribution in [1.82, 2.24) is 0 Å². The van der Waals surface area contributed by atoms with Crippen molar-refractivity contribution in [3.63, 3.8) is 0 Å². The molecule has 0 spiro atoms. The highest BCUT2D eigenvalue weighted by molar-refractivity contribution is 6.02. The minimum absolute atomic E-state index is 0.0165. The first-order valence-electron chi connectivity index (χ1n) is 8.01. The third kappa shape index (κ3) is 4.44. The zero-order valence-corrected chi connectivity index (χ0v) is 14.7. The van der Waals surface area contributed by atoms with E-state index in [1.165, 1.54) is 11.8 Å². The van der Waals surface area contributed by atoms with Crippen LogP contribution in [0.2, 0.25) is 0 Å². The van der Waals surface area contributed by atoms with E-state index in [9.17, 15) is 9.59 Å². The standard InChI is InChI=1S/C20H24N2O2/c1-15(23)22(14-19(24)21-16-10-6-5-7-11-16)18-13-9-8-12-17(18)20(2,3)4/h5-13H,14H2,1-4H3,(H,21,24). The van der Waals surface area contributed by atoms with Crippen LogP contribution in [0.25, 0.3) is 0 Å². The molecule has 0 unspecified atom stereocenters. The van der Waals surface area contributed by atoms with E-state index in [0.717, 1.165) is 16.9 Å². The first kappa shape index (κ1) is 17.7. The number of nitrogens with zero attached hydrogens (tertiary/aromatic N) is 1. The van der Waals surface area contributed by atoms with E-state index in [0.29, 0.717) is 0 Å². The Morgan fingerprint density at radius 1 is 0.958 bits per heavy atom. The molecule has 4 heteroatoms. The van der Waals surface area contributed by atoms with Crippen LogP contribution >= 0.6 is 0 Å². The van der Waals surface area contributed by atoms with Crippen LogP contribution in [-0.4, -0.2) is 18.4 Å². The van der Waals surface area contributed by atoms with E-state index in [-0.39, 0.29) is 23.8 Å². The minimum Gasteiger partial charge on any atom is -0.325 e. The summed E-state index contributed by atoms with van der Waals surface area (Å²) in [5, 5.41) is 2.82. The van der Waals surface area contributed by atoms with Gasteiger partial charge in [-0.3, -0.25) is 9.59 Å². The maximum atomic E-state index is 12.4. The summed E-state index contributed by atoms with van der Waals surface area (Å²) in [7, 11) is 0. The average Bonchev–Trinajstić information content (AvgIpc) is 2.52. The average molecular weight is 324 g/mol. The van der Waals surface area contributed by atoms with Crippen LogP contribution in [0.1, 0.15) is 33.3 Å². The Bertz CT molecular complexity index is 718. The van der Waals surface area contributed by atoms with Crippen LogP contribution in [-0.2, 0) is 15.0 Å². The third-order valence-electron chi connectivity index (χ3n) is 3.74. The number of para-hydroxylation sites is 2. The van der Waals surface area contributed by atoms with Crippen molar-refractivity contribution in [3.05, 3.63) is 60.2 Å². The molecule has 0 saturated heterocycles. The third-order valence-corrected chi connectivity index (χ3v) is 3.74. The molecule has 1 N–H and O–H groups in total. The lowest BCUT2D eigenvalue weighted by atomic mass is 9.85. The second-order valence-electron chi connectivity index (χ2n) is 6.79. The topological polar surface area (TPSA) is 49.4 Å². The van der Waals surface area contributed by atoms with Crippen molar-refractivity contribution in [2.45, 2.75) is 33.1 Å². The molecule has 0 fully saturated rings. The lowest BCUT2D eigenvalue weighted by molar-refractivity contribution is -0.120. The number of amides is 2. The highest BCUT2D eigenvalue weighted by Crippen LogP contribution is 2.31. The first-order chi connectivity index (χ1) is 11.3. The Morgan fingerprint density at radius 2 is 1.54 bits per heavy atom. The quantitative estimate of drug-likeness (QED) is 0.925. The van der Waals surface area contributed by atoms with Crippen molar-refractivity contribution in [2.75, 3.05) is 16.8 Å². The maximum absolute atomic E-state index is 12.4. The molecule has 0 aliphatic rings. The van der Waals surface area contributed by atoms with E-state index in [4.69, 9.17) is 0 Å². The van der Waals surface area contributed by atoms with Gasteiger partial charge in [-0.25, -0.2) is 0 Å². The number of carbonyl (C=O) groups excluding carboxylic acids is 2. The summed E-state index contributed by atoms with van der Waals surface area (Å²) < 4.78 is 0. The van der Waals surface area contributed by atoms with Crippen molar-refractivity contribution in [2.24, 2.45) is 0 Å². The molecule has 4 nitrogen and oxygen atoms in total. The Morgan fingerprint density at radius 3 is 2.12 bits per heavy atom. The number of anilines is 2. The van der Waals surface area contributed by atoms with Crippen molar-refractivity contribution in [1.29, 1.82) is 0 Å². The molecule has 2 aromatic carbocycles. The fraction of sp³-hybridized carbons (Fsp3) is 0.300. The number of benzene rings is 2. The summed E-state index contributed by atoms with van der Waals surface area (Å²) in [6.07, 6.45) is 0. The molecular formula is C20H24N2O2. The smallest absolute Gasteiger partial charge is 0.244 e. The van der Waals surface area contributed by atoms with Crippen LogP contribution in [0.4, 0.5) is 11.4 Å². The highest BCUT2D eigenvalue weighted by atomic mass is 16.2. The molecule has 0 aliphatic heterocycles. The molecule has 0 aromatic heterocycles. The Hall–Kier alpha value is -2.62. The molecule has 2 rings (SSSR count). The van der Waals surface area contributed by atoms with Gasteiger partial charge >= 0.3 is 0 Å². The molecule has 2 aromatic rings. The van der Waals surface area contributed by atoms with Crippen LogP contribution in [0.5, 0.6) is 0 Å². The predicted octanol–water partition coefficient (Wildman–Crippen LogP) is 3.98. The van der Waals surface area contributed by atoms with Crippen LogP contribution < -0.4 is 10.2 Å². The summed E-state index contributed by atoms with van der Waals surface area (Å²) in [6.45, 7) is 7.74. The number of carbonyl (C=O) groups is 2. The zero-order valence-electron chi connectivity index (χ0n) is 14.7. The Kier molecular flexibility index (Phi) is 5.39. The van der Waals surface area contributed by atoms with Crippen molar-refractivity contribution >= 4 is 23.2 Å². The van der Waals surface area contributed by atoms with E-state index in [2.05, 4.69) is 26.1 Å². The highest BCUT2D eigenvalue weighted by Gasteiger charge is 2.24. The second kappa shape index (κ2) is 7.30. The fourth-order valence-electron chi connectivity index (χ4n) is 2.57. The fourth-order valence-corrected chi connectivity index (χ4v) is 2.57. The van der Waals surface area contributed by atoms with Crippen molar-refractivity contribution in [3.8, 4) is 0 Å². The molecule has 126 valence electrons. The predicted molar refractivity (Wildman–Crippen MR) is 98.2 cm³/mol. The summed E-state index contributed by atoms with van der Waals surface area (Å²) in [5.74, 6) is -0.380. The molecule has 2 amide bonds. The first-order valence-corrected chi connectivity index (χ1v) is 8.01. The molecule has 0 radical (unpaired) electrons. The van der Waals surface area contributed by atoms with E-state index < -0.39 is 0 Å². The summed E-state index contributed by atoms with van der Waals surface area (Å²) in [5.41, 5.74) is 2.41. The van der Waals surface area contributed by atoms with Gasteiger partial charge in [-0.2, -0.15) is 0 Å². The monoisotopic (exact) mass is 324 g/mol. The molecule has 0 bridgehead atoms. The minimum atomic E-state index is -0.222. The summed E-state index contributed by atoms with van der Waals surface area (Å²) >= 11 is 0. The lowest BCUT2D eigenvalue weighted by Crippen LogP contribution is -2.38. The van der Waals surface area contributed by atoms with E-state index in [1.54, 1.807) is 0 Å². The van der Waals surface area contributed by atoms with Gasteiger partial charge < -0.3 is 10.2 Å². The summed E-state index contributed by atoms with van der Waals surface area (Å²) in [6, 6.07) is 17.0. The van der Waals surface area contributed by atoms with Gasteiger partial charge in [-0.15, -0.1) is 0 Å². The van der Waals surface area contributed by atoms with Crippen LogP contribution in [0, 0.1) is 0 Å². The summed E-state index contributed by atoms with van der Waals surface area (Å²) in [4.78, 5) is 26.0. The van der Waals surface area contributed by atoms with Gasteiger partial charge in [0.15, 0.2) is 0 Å². The second-order valence-corrected chi connectivity index (χ2v) is 6.79. The molecular weight excluding hydrogens is 300 g/mol. The Balaban J connectivity index is 2.25. The largest absolute Gasteiger partial charge is 0.325 e. The van der Waals surface area contributed by atoms with Crippen LogP contribution in [0.15, 0.2) is 54.6 Å². The Labute approximate surface area is 143 Å². The number of hydrogen-bond acceptors (Lipinski definition) is 2. The van der Waals surface area contributed by atoms with Gasteiger partial charge in [0.2, 0.25) is 11.8 Å². The van der Waals surface area contributed by atoms with E-state index >= 15 is 0 Å². The molecule has 0 aliphatic carbocycles. The van der Waals surface area contributed by atoms with Gasteiger partial charge in [-0.1, -0.05) is 57.2 Å². The lowest BCUT2D eigenvalue weighted by Gasteiger charge is -2.29. The van der Waals surface area contributed by atoms with Gasteiger partial charge in [0.05, 0.1) is 0 Å². The normalized spacial score (nSPS) is 11.0. The molecule has 0 heterocycles. The molecule has 0 atom stereocenters. The number of nitrogens with one attached hydrogen (secondary N) is 1. The van der Waals surface area contributed by atoms with Crippen molar-refractivity contribution < 1.29 is 9.59 Å². The number of rotatable bonds is 4. The molecule has 24 heavy (non-hydrogen) atoms. The van der Waals surface area contributed by atoms with Crippen LogP contribution in [0.3, 0.4) is 0 Å². The zero-order chi connectivity index (χ0) is 17.7. The number of hydrogen-bond donors (Lipinski definition) is 1. The maximum Gasteiger partial charge on any atom is 0.244 e. The van der Waals surface area contributed by atoms with Gasteiger partial charge in [0, 0.05) is 18.3 Å². The van der Waals surface area contributed by atoms with Gasteiger partial charge in [0.25, 0.3) is 0 Å². The van der Waals surface area contributed by atoms with Gasteiger partial charge in [-0.05, 0) is 29.2 Å². The SMILES string of the molecule is CC(=O)N(CC(=O)Nc1ccccc1)c1ccccc1C(C)(C)C. The van der Waals surface area contributed by atoms with Gasteiger partial charge in [0.1, 0.15) is 6.54 Å².